The molecule has 4 aromatic rings. The lowest BCUT2D eigenvalue weighted by molar-refractivity contribution is 0.415. The average molecular weight is 375 g/mol. The van der Waals surface area contributed by atoms with E-state index in [4.69, 9.17) is 21.5 Å². The SMILES string of the molecule is COc1cccc(N)c1.N#Cc1cccc(-c2nc(N)c3ccsc3n2)c1. The van der Waals surface area contributed by atoms with Gasteiger partial charge in [0.25, 0.3) is 0 Å². The van der Waals surface area contributed by atoms with Crippen molar-refractivity contribution in [3.63, 3.8) is 0 Å². The summed E-state index contributed by atoms with van der Waals surface area (Å²) in [6.07, 6.45) is 0. The average Bonchev–Trinajstić information content (AvgIpc) is 3.18. The van der Waals surface area contributed by atoms with Crippen LogP contribution in [0.1, 0.15) is 5.56 Å². The lowest BCUT2D eigenvalue weighted by Gasteiger charge is -2.02. The Kier molecular flexibility index (Phi) is 5.50. The molecule has 0 unspecified atom stereocenters. The number of aromatic nitrogens is 2. The van der Waals surface area contributed by atoms with Crippen LogP contribution in [-0.2, 0) is 0 Å². The van der Waals surface area contributed by atoms with Crippen molar-refractivity contribution in [2.75, 3.05) is 18.6 Å². The van der Waals surface area contributed by atoms with Gasteiger partial charge < -0.3 is 16.2 Å². The number of hydrogen-bond acceptors (Lipinski definition) is 7. The summed E-state index contributed by atoms with van der Waals surface area (Å²) >= 11 is 1.52. The molecular weight excluding hydrogens is 358 g/mol. The van der Waals surface area contributed by atoms with Gasteiger partial charge in [-0.1, -0.05) is 18.2 Å². The topological polar surface area (TPSA) is 111 Å². The highest BCUT2D eigenvalue weighted by Crippen LogP contribution is 2.26. The first-order valence-corrected chi connectivity index (χ1v) is 8.89. The second kappa shape index (κ2) is 8.17. The number of anilines is 2. The Labute approximate surface area is 160 Å². The molecule has 0 saturated heterocycles. The minimum atomic E-state index is 0.471. The van der Waals surface area contributed by atoms with Gasteiger partial charge in [-0.25, -0.2) is 9.97 Å². The van der Waals surface area contributed by atoms with Gasteiger partial charge >= 0.3 is 0 Å². The molecule has 27 heavy (non-hydrogen) atoms. The molecule has 0 aliphatic carbocycles. The van der Waals surface area contributed by atoms with E-state index in [1.54, 1.807) is 25.3 Å². The molecule has 0 saturated carbocycles. The van der Waals surface area contributed by atoms with Gasteiger partial charge in [0.15, 0.2) is 5.82 Å². The highest BCUT2D eigenvalue weighted by Gasteiger charge is 2.08. The molecule has 0 aliphatic rings. The van der Waals surface area contributed by atoms with E-state index in [2.05, 4.69) is 16.0 Å². The lowest BCUT2D eigenvalue weighted by Crippen LogP contribution is -1.96. The van der Waals surface area contributed by atoms with E-state index in [9.17, 15) is 0 Å². The molecule has 0 atom stereocenters. The zero-order chi connectivity index (χ0) is 19.2. The van der Waals surface area contributed by atoms with Gasteiger partial charge in [-0.05, 0) is 35.7 Å². The van der Waals surface area contributed by atoms with Crippen LogP contribution in [0.15, 0.2) is 60.0 Å². The van der Waals surface area contributed by atoms with Crippen LogP contribution in [0.2, 0.25) is 0 Å². The van der Waals surface area contributed by atoms with Crippen LogP contribution in [0.5, 0.6) is 5.75 Å². The predicted octanol–water partition coefficient (Wildman–Crippen LogP) is 4.09. The quantitative estimate of drug-likeness (QED) is 0.511. The third-order valence-corrected chi connectivity index (χ3v) is 4.50. The van der Waals surface area contributed by atoms with E-state index in [0.29, 0.717) is 17.2 Å². The first-order chi connectivity index (χ1) is 13.1. The minimum Gasteiger partial charge on any atom is -0.497 e. The summed E-state index contributed by atoms with van der Waals surface area (Å²) in [4.78, 5) is 9.60. The Bertz CT molecular complexity index is 1120. The maximum absolute atomic E-state index is 8.89. The number of rotatable bonds is 2. The molecule has 2 aromatic carbocycles. The van der Waals surface area contributed by atoms with Crippen LogP contribution < -0.4 is 16.2 Å². The fraction of sp³-hybridized carbons (Fsp3) is 0.0500. The van der Waals surface area contributed by atoms with E-state index in [1.165, 1.54) is 11.3 Å². The number of methoxy groups -OCH3 is 1. The van der Waals surface area contributed by atoms with Crippen LogP contribution in [0.25, 0.3) is 21.6 Å². The monoisotopic (exact) mass is 375 g/mol. The van der Waals surface area contributed by atoms with Crippen molar-refractivity contribution in [2.24, 2.45) is 0 Å². The molecular formula is C20H17N5OS. The number of thiophene rings is 1. The summed E-state index contributed by atoms with van der Waals surface area (Å²) in [5, 5.41) is 11.7. The largest absolute Gasteiger partial charge is 0.497 e. The minimum absolute atomic E-state index is 0.471. The molecule has 2 aromatic heterocycles. The number of benzene rings is 2. The number of ether oxygens (including phenoxy) is 1. The first kappa shape index (κ1) is 18.2. The molecule has 2 heterocycles. The third-order valence-electron chi connectivity index (χ3n) is 3.70. The van der Waals surface area contributed by atoms with Gasteiger partial charge in [-0.15, -0.1) is 11.3 Å². The van der Waals surface area contributed by atoms with E-state index in [-0.39, 0.29) is 0 Å². The molecule has 134 valence electrons. The molecule has 4 rings (SSSR count). The Hall–Kier alpha value is -3.63. The summed E-state index contributed by atoms with van der Waals surface area (Å²) < 4.78 is 4.92. The second-order valence-corrected chi connectivity index (χ2v) is 6.44. The van der Waals surface area contributed by atoms with Crippen LogP contribution in [0.4, 0.5) is 11.5 Å². The summed E-state index contributed by atoms with van der Waals surface area (Å²) in [5.74, 6) is 1.83. The summed E-state index contributed by atoms with van der Waals surface area (Å²) in [5.41, 5.74) is 13.5. The van der Waals surface area contributed by atoms with Gasteiger partial charge in [0, 0.05) is 17.3 Å². The van der Waals surface area contributed by atoms with Crippen molar-refractivity contribution in [2.45, 2.75) is 0 Å². The smallest absolute Gasteiger partial charge is 0.163 e. The van der Waals surface area contributed by atoms with Gasteiger partial charge in [-0.2, -0.15) is 5.26 Å². The number of hydrogen-bond donors (Lipinski definition) is 2. The number of fused-ring (bicyclic) bond motifs is 1. The predicted molar refractivity (Wildman–Crippen MR) is 109 cm³/mol. The van der Waals surface area contributed by atoms with Crippen molar-refractivity contribution in [1.82, 2.24) is 9.97 Å². The Morgan fingerprint density at radius 1 is 1.04 bits per heavy atom. The maximum atomic E-state index is 8.89. The van der Waals surface area contributed by atoms with Crippen LogP contribution in [0.3, 0.4) is 0 Å². The molecule has 6 nitrogen and oxygen atoms in total. The van der Waals surface area contributed by atoms with Gasteiger partial charge in [0.2, 0.25) is 0 Å². The molecule has 0 spiro atoms. The van der Waals surface area contributed by atoms with E-state index >= 15 is 0 Å². The molecule has 0 amide bonds. The van der Waals surface area contributed by atoms with Gasteiger partial charge in [-0.3, -0.25) is 0 Å². The summed E-state index contributed by atoms with van der Waals surface area (Å²) in [6, 6.07) is 18.5. The number of nitrogens with zero attached hydrogens (tertiary/aromatic N) is 3. The number of nitriles is 1. The molecule has 4 N–H and O–H groups in total. The maximum Gasteiger partial charge on any atom is 0.163 e. The van der Waals surface area contributed by atoms with E-state index in [0.717, 1.165) is 27.2 Å². The molecule has 0 bridgehead atoms. The van der Waals surface area contributed by atoms with Crippen molar-refractivity contribution in [3.8, 4) is 23.2 Å². The molecule has 0 aliphatic heterocycles. The molecule has 7 heteroatoms. The zero-order valence-corrected chi connectivity index (χ0v) is 15.4. The van der Waals surface area contributed by atoms with Gasteiger partial charge in [0.05, 0.1) is 24.1 Å². The number of nitrogens with two attached hydrogens (primary N) is 2. The summed E-state index contributed by atoms with van der Waals surface area (Å²) in [7, 11) is 1.62. The first-order valence-electron chi connectivity index (χ1n) is 8.01. The standard InChI is InChI=1S/C13H8N4S.C7H9NO/c14-7-8-2-1-3-9(6-8)12-16-11(15)10-4-5-18-13(10)17-12;1-9-7-4-2-3-6(8)5-7/h1-6H,(H2,15,16,17);2-5H,8H2,1H3. The Morgan fingerprint density at radius 2 is 1.85 bits per heavy atom. The van der Waals surface area contributed by atoms with E-state index in [1.807, 2.05) is 41.8 Å². The van der Waals surface area contributed by atoms with Crippen molar-refractivity contribution >= 4 is 33.1 Å². The fourth-order valence-corrected chi connectivity index (χ4v) is 3.15. The van der Waals surface area contributed by atoms with Crippen molar-refractivity contribution < 1.29 is 4.74 Å². The van der Waals surface area contributed by atoms with Crippen molar-refractivity contribution in [3.05, 3.63) is 65.5 Å². The normalized spacial score (nSPS) is 9.93. The number of nitrogen functional groups attached to an aromatic ring is 2. The highest BCUT2D eigenvalue weighted by molar-refractivity contribution is 7.16. The summed E-state index contributed by atoms with van der Waals surface area (Å²) in [6.45, 7) is 0. The lowest BCUT2D eigenvalue weighted by atomic mass is 10.1. The van der Waals surface area contributed by atoms with E-state index < -0.39 is 0 Å². The van der Waals surface area contributed by atoms with Crippen LogP contribution in [0, 0.1) is 11.3 Å². The Morgan fingerprint density at radius 3 is 2.56 bits per heavy atom. The fourth-order valence-electron chi connectivity index (χ4n) is 2.38. The Balaban J connectivity index is 0.000000197. The zero-order valence-electron chi connectivity index (χ0n) is 14.6. The van der Waals surface area contributed by atoms with Crippen LogP contribution >= 0.6 is 11.3 Å². The van der Waals surface area contributed by atoms with Gasteiger partial charge in [0.1, 0.15) is 16.4 Å². The second-order valence-electron chi connectivity index (χ2n) is 5.54. The molecule has 0 radical (unpaired) electrons. The third kappa shape index (κ3) is 4.32. The van der Waals surface area contributed by atoms with Crippen LogP contribution in [-0.4, -0.2) is 17.1 Å². The molecule has 0 fully saturated rings. The van der Waals surface area contributed by atoms with Crippen molar-refractivity contribution in [1.29, 1.82) is 5.26 Å². The highest BCUT2D eigenvalue weighted by atomic mass is 32.1.